The van der Waals surface area contributed by atoms with Crippen molar-refractivity contribution >= 4 is 56.9 Å². The average Bonchev–Trinajstić information content (AvgIpc) is 3.15. The second kappa shape index (κ2) is 7.88. The van der Waals surface area contributed by atoms with Crippen LogP contribution in [0.3, 0.4) is 0 Å². The van der Waals surface area contributed by atoms with Crippen molar-refractivity contribution in [2.45, 2.75) is 18.9 Å². The molecule has 0 saturated carbocycles. The van der Waals surface area contributed by atoms with Crippen LogP contribution in [0.25, 0.3) is 9.88 Å². The van der Waals surface area contributed by atoms with E-state index in [9.17, 15) is 4.79 Å². The molecular weight excluding hydrogens is 406 g/mol. The molecule has 22 heavy (non-hydrogen) atoms. The minimum absolute atomic E-state index is 0. The monoisotopic (exact) mass is 421 g/mol. The number of nitrogens with one attached hydrogen (secondary N) is 1. The molecule has 1 fully saturated rings. The first-order chi connectivity index (χ1) is 10.1. The molecule has 2 aromatic heterocycles. The third kappa shape index (κ3) is 3.89. The molecule has 1 N–H and O–H groups in total. The molecule has 4 nitrogen and oxygen atoms in total. The fourth-order valence-corrected chi connectivity index (χ4v) is 4.71. The zero-order chi connectivity index (χ0) is 14.8. The molecule has 0 aliphatic carbocycles. The normalized spacial score (nSPS) is 15.4. The number of halogens is 2. The zero-order valence-electron chi connectivity index (χ0n) is 12.0. The Balaban J connectivity index is 0.00000176. The van der Waals surface area contributed by atoms with Gasteiger partial charge in [0.25, 0.3) is 5.91 Å². The maximum Gasteiger partial charge on any atom is 0.273 e. The van der Waals surface area contributed by atoms with Crippen LogP contribution in [0.15, 0.2) is 21.3 Å². The van der Waals surface area contributed by atoms with Gasteiger partial charge in [-0.3, -0.25) is 4.79 Å². The van der Waals surface area contributed by atoms with Crippen molar-refractivity contribution in [1.82, 2.24) is 15.2 Å². The molecule has 3 heterocycles. The highest BCUT2D eigenvalue weighted by atomic mass is 79.9. The third-order valence-electron chi connectivity index (χ3n) is 3.68. The lowest BCUT2D eigenvalue weighted by Crippen LogP contribution is -2.44. The van der Waals surface area contributed by atoms with Gasteiger partial charge in [-0.1, -0.05) is 0 Å². The molecule has 0 unspecified atom stereocenters. The maximum absolute atomic E-state index is 12.5. The van der Waals surface area contributed by atoms with Gasteiger partial charge < -0.3 is 10.2 Å². The minimum atomic E-state index is 0. The van der Waals surface area contributed by atoms with E-state index < -0.39 is 0 Å². The second-order valence-electron chi connectivity index (χ2n) is 5.04. The fraction of sp³-hybridized carbons (Fsp3) is 0.429. The van der Waals surface area contributed by atoms with Gasteiger partial charge in [0, 0.05) is 18.5 Å². The number of hydrogen-bond acceptors (Lipinski definition) is 5. The van der Waals surface area contributed by atoms with E-state index in [1.165, 1.54) is 11.3 Å². The van der Waals surface area contributed by atoms with Gasteiger partial charge in [0.15, 0.2) is 0 Å². The standard InChI is InChI=1S/C14H16BrN3OS2.ClH/c1-18(9-4-6-16-7-5-9)14(19)10-8-20-13(17-10)11-2-3-12(15)21-11;/h2-3,8-9,16H,4-7H2,1H3;1H. The first-order valence-electron chi connectivity index (χ1n) is 6.84. The highest BCUT2D eigenvalue weighted by Gasteiger charge is 2.24. The summed E-state index contributed by atoms with van der Waals surface area (Å²) in [4.78, 5) is 20.0. The van der Waals surface area contributed by atoms with Crippen LogP contribution in [0.5, 0.6) is 0 Å². The first kappa shape index (κ1) is 17.9. The van der Waals surface area contributed by atoms with Gasteiger partial charge >= 0.3 is 0 Å². The summed E-state index contributed by atoms with van der Waals surface area (Å²) < 4.78 is 1.08. The van der Waals surface area contributed by atoms with E-state index in [2.05, 4.69) is 26.2 Å². The Morgan fingerprint density at radius 1 is 1.41 bits per heavy atom. The van der Waals surface area contributed by atoms with Gasteiger partial charge in [0.05, 0.1) is 8.66 Å². The largest absolute Gasteiger partial charge is 0.337 e. The van der Waals surface area contributed by atoms with Crippen LogP contribution in [0.2, 0.25) is 0 Å². The maximum atomic E-state index is 12.5. The van der Waals surface area contributed by atoms with Crippen LogP contribution in [-0.2, 0) is 0 Å². The van der Waals surface area contributed by atoms with E-state index in [1.807, 2.05) is 29.5 Å². The second-order valence-corrected chi connectivity index (χ2v) is 8.36. The Morgan fingerprint density at radius 3 is 2.77 bits per heavy atom. The Bertz CT molecular complexity index is 640. The smallest absolute Gasteiger partial charge is 0.273 e. The Kier molecular flexibility index (Phi) is 6.40. The van der Waals surface area contributed by atoms with Crippen molar-refractivity contribution in [2.24, 2.45) is 0 Å². The van der Waals surface area contributed by atoms with Crippen molar-refractivity contribution in [3.8, 4) is 9.88 Å². The molecule has 1 amide bonds. The highest BCUT2D eigenvalue weighted by molar-refractivity contribution is 9.11. The van der Waals surface area contributed by atoms with Crippen LogP contribution in [0.4, 0.5) is 0 Å². The number of amides is 1. The molecule has 0 spiro atoms. The summed E-state index contributed by atoms with van der Waals surface area (Å²) >= 11 is 6.62. The van der Waals surface area contributed by atoms with Gasteiger partial charge in [-0.2, -0.15) is 0 Å². The number of piperidine rings is 1. The number of aromatic nitrogens is 1. The molecule has 0 bridgehead atoms. The molecule has 8 heteroatoms. The van der Waals surface area contributed by atoms with Crippen molar-refractivity contribution in [2.75, 3.05) is 20.1 Å². The van der Waals surface area contributed by atoms with Gasteiger partial charge in [0.1, 0.15) is 10.7 Å². The summed E-state index contributed by atoms with van der Waals surface area (Å²) in [5, 5.41) is 6.10. The molecule has 120 valence electrons. The number of rotatable bonds is 3. The van der Waals surface area contributed by atoms with Crippen LogP contribution < -0.4 is 5.32 Å². The molecule has 0 radical (unpaired) electrons. The lowest BCUT2D eigenvalue weighted by Gasteiger charge is -2.31. The van der Waals surface area contributed by atoms with E-state index >= 15 is 0 Å². The van der Waals surface area contributed by atoms with Gasteiger partial charge in [0.2, 0.25) is 0 Å². The van der Waals surface area contributed by atoms with Crippen LogP contribution in [-0.4, -0.2) is 42.0 Å². The molecular formula is C14H17BrClN3OS2. The Labute approximate surface area is 152 Å². The highest BCUT2D eigenvalue weighted by Crippen LogP contribution is 2.33. The molecule has 1 aliphatic rings. The molecule has 1 aliphatic heterocycles. The van der Waals surface area contributed by atoms with E-state index in [0.717, 1.165) is 39.6 Å². The van der Waals surface area contributed by atoms with Crippen LogP contribution in [0.1, 0.15) is 23.3 Å². The number of nitrogens with zero attached hydrogens (tertiary/aromatic N) is 2. The van der Waals surface area contributed by atoms with E-state index in [-0.39, 0.29) is 18.3 Å². The van der Waals surface area contributed by atoms with Gasteiger partial charge in [-0.05, 0) is 54.0 Å². The zero-order valence-corrected chi connectivity index (χ0v) is 16.1. The van der Waals surface area contributed by atoms with E-state index in [0.29, 0.717) is 11.7 Å². The summed E-state index contributed by atoms with van der Waals surface area (Å²) in [5.74, 6) is 0.0278. The van der Waals surface area contributed by atoms with Crippen LogP contribution >= 0.6 is 51.0 Å². The fourth-order valence-electron chi connectivity index (χ4n) is 2.45. The van der Waals surface area contributed by atoms with Crippen molar-refractivity contribution in [3.63, 3.8) is 0 Å². The minimum Gasteiger partial charge on any atom is -0.337 e. The number of carbonyl (C=O) groups is 1. The summed E-state index contributed by atoms with van der Waals surface area (Å²) in [6.45, 7) is 1.96. The van der Waals surface area contributed by atoms with E-state index in [1.54, 1.807) is 11.3 Å². The molecule has 3 rings (SSSR count). The number of thiophene rings is 1. The van der Waals surface area contributed by atoms with Crippen molar-refractivity contribution in [3.05, 3.63) is 27.0 Å². The lowest BCUT2D eigenvalue weighted by atomic mass is 10.1. The summed E-state index contributed by atoms with van der Waals surface area (Å²) in [6.07, 6.45) is 2.02. The predicted octanol–water partition coefficient (Wildman–Crippen LogP) is 3.88. The average molecular weight is 423 g/mol. The number of carbonyl (C=O) groups excluding carboxylic acids is 1. The van der Waals surface area contributed by atoms with Gasteiger partial charge in [-0.25, -0.2) is 4.98 Å². The number of hydrogen-bond donors (Lipinski definition) is 1. The molecule has 2 aromatic rings. The Morgan fingerprint density at radius 2 is 2.14 bits per heavy atom. The SMILES string of the molecule is CN(C(=O)c1csc(-c2ccc(Br)s2)n1)C1CCNCC1.Cl. The number of thiazole rings is 1. The lowest BCUT2D eigenvalue weighted by molar-refractivity contribution is 0.0698. The molecule has 0 aromatic carbocycles. The van der Waals surface area contributed by atoms with Crippen molar-refractivity contribution in [1.29, 1.82) is 0 Å². The van der Waals surface area contributed by atoms with Gasteiger partial charge in [-0.15, -0.1) is 35.1 Å². The third-order valence-corrected chi connectivity index (χ3v) is 6.32. The predicted molar refractivity (Wildman–Crippen MR) is 98.4 cm³/mol. The van der Waals surface area contributed by atoms with E-state index in [4.69, 9.17) is 0 Å². The summed E-state index contributed by atoms with van der Waals surface area (Å²) in [5.41, 5.74) is 0.556. The molecule has 0 atom stereocenters. The first-order valence-corrected chi connectivity index (χ1v) is 9.33. The topological polar surface area (TPSA) is 45.2 Å². The molecule has 1 saturated heterocycles. The summed E-state index contributed by atoms with van der Waals surface area (Å²) in [6, 6.07) is 4.35. The van der Waals surface area contributed by atoms with Crippen molar-refractivity contribution < 1.29 is 4.79 Å². The van der Waals surface area contributed by atoms with Crippen LogP contribution in [0, 0.1) is 0 Å². The Hall–Kier alpha value is -0.470. The summed E-state index contributed by atoms with van der Waals surface area (Å²) in [7, 11) is 1.89. The quantitative estimate of drug-likeness (QED) is 0.816.